The number of hydrogen-bond acceptors (Lipinski definition) is 4. The number of carboxylic acids is 1. The number of carboxylic acid groups (broad SMARTS) is 1. The molecule has 0 bridgehead atoms. The van der Waals surface area contributed by atoms with Crippen LogP contribution in [0.5, 0.6) is 5.75 Å². The second-order valence-electron chi connectivity index (χ2n) is 7.15. The monoisotopic (exact) mass is 395 g/mol. The standard InChI is InChI=1S/C23H25NO3S/c1-16(2)13-14-27-19-10-7-17(8-11-19)15-18(9-12-22(25)26)23-24-20-5-3-4-6-21(20)28-23/h3-8,10-11,15-16H,9,12-14H2,1-2H3,(H,25,26)/b18-15+. The molecule has 0 aliphatic heterocycles. The van der Waals surface area contributed by atoms with Crippen molar-refractivity contribution < 1.29 is 14.6 Å². The molecule has 1 aromatic heterocycles. The van der Waals surface area contributed by atoms with E-state index in [9.17, 15) is 4.79 Å². The Balaban J connectivity index is 1.81. The van der Waals surface area contributed by atoms with Gasteiger partial charge in [-0.15, -0.1) is 11.3 Å². The van der Waals surface area contributed by atoms with E-state index in [1.807, 2.05) is 54.6 Å². The number of fused-ring (bicyclic) bond motifs is 1. The SMILES string of the molecule is CC(C)CCOc1ccc(/C=C(\CCC(=O)O)c2nc3ccccc3s2)cc1. The van der Waals surface area contributed by atoms with Crippen molar-refractivity contribution in [2.45, 2.75) is 33.1 Å². The van der Waals surface area contributed by atoms with E-state index in [4.69, 9.17) is 14.8 Å². The molecule has 0 radical (unpaired) electrons. The van der Waals surface area contributed by atoms with Gasteiger partial charge in [0.15, 0.2) is 0 Å². The van der Waals surface area contributed by atoms with Gasteiger partial charge in [0.1, 0.15) is 10.8 Å². The van der Waals surface area contributed by atoms with Gasteiger partial charge in [0.2, 0.25) is 0 Å². The number of rotatable bonds is 9. The van der Waals surface area contributed by atoms with Crippen LogP contribution in [-0.2, 0) is 4.79 Å². The van der Waals surface area contributed by atoms with Gasteiger partial charge in [-0.3, -0.25) is 4.79 Å². The molecule has 4 nitrogen and oxygen atoms in total. The molecule has 2 aromatic carbocycles. The van der Waals surface area contributed by atoms with Gasteiger partial charge in [-0.25, -0.2) is 4.98 Å². The highest BCUT2D eigenvalue weighted by Crippen LogP contribution is 2.31. The zero-order chi connectivity index (χ0) is 19.9. The minimum atomic E-state index is -0.805. The van der Waals surface area contributed by atoms with Gasteiger partial charge in [0, 0.05) is 6.42 Å². The van der Waals surface area contributed by atoms with Crippen LogP contribution in [0.15, 0.2) is 48.5 Å². The Hall–Kier alpha value is -2.66. The van der Waals surface area contributed by atoms with E-state index in [-0.39, 0.29) is 6.42 Å². The van der Waals surface area contributed by atoms with Crippen molar-refractivity contribution in [3.05, 3.63) is 59.1 Å². The maximum atomic E-state index is 11.1. The molecule has 146 valence electrons. The summed E-state index contributed by atoms with van der Waals surface area (Å²) in [5.41, 5.74) is 2.89. The Labute approximate surface area is 169 Å². The van der Waals surface area contributed by atoms with Crippen LogP contribution in [0.2, 0.25) is 0 Å². The lowest BCUT2D eigenvalue weighted by Crippen LogP contribution is -2.01. The summed E-state index contributed by atoms with van der Waals surface area (Å²) in [5.74, 6) is 0.665. The largest absolute Gasteiger partial charge is 0.494 e. The average Bonchev–Trinajstić information content (AvgIpc) is 3.10. The summed E-state index contributed by atoms with van der Waals surface area (Å²) in [7, 11) is 0. The molecule has 0 aliphatic carbocycles. The molecular formula is C23H25NO3S. The van der Waals surface area contributed by atoms with Crippen molar-refractivity contribution >= 4 is 39.2 Å². The molecule has 0 unspecified atom stereocenters. The summed E-state index contributed by atoms with van der Waals surface area (Å²) in [6.45, 7) is 5.07. The predicted molar refractivity (Wildman–Crippen MR) is 116 cm³/mol. The molecule has 1 heterocycles. The van der Waals surface area contributed by atoms with Crippen LogP contribution < -0.4 is 4.74 Å². The minimum Gasteiger partial charge on any atom is -0.494 e. The molecule has 28 heavy (non-hydrogen) atoms. The summed E-state index contributed by atoms with van der Waals surface area (Å²) >= 11 is 1.60. The number of aliphatic carboxylic acids is 1. The number of hydrogen-bond donors (Lipinski definition) is 1. The first kappa shape index (κ1) is 20.1. The third-order valence-electron chi connectivity index (χ3n) is 4.36. The predicted octanol–water partition coefficient (Wildman–Crippen LogP) is 6.13. The van der Waals surface area contributed by atoms with Gasteiger partial charge in [-0.1, -0.05) is 38.1 Å². The third-order valence-corrected chi connectivity index (χ3v) is 5.47. The van der Waals surface area contributed by atoms with Crippen molar-refractivity contribution in [3.63, 3.8) is 0 Å². The molecule has 0 amide bonds. The normalized spacial score (nSPS) is 11.9. The fourth-order valence-corrected chi connectivity index (χ4v) is 3.78. The number of nitrogens with zero attached hydrogens (tertiary/aromatic N) is 1. The smallest absolute Gasteiger partial charge is 0.303 e. The number of aromatic nitrogens is 1. The average molecular weight is 396 g/mol. The van der Waals surface area contributed by atoms with E-state index in [1.165, 1.54) is 0 Å². The van der Waals surface area contributed by atoms with Crippen LogP contribution in [0.25, 0.3) is 21.9 Å². The zero-order valence-electron chi connectivity index (χ0n) is 16.2. The summed E-state index contributed by atoms with van der Waals surface area (Å²) in [5, 5.41) is 9.99. The third kappa shape index (κ3) is 5.67. The maximum Gasteiger partial charge on any atom is 0.303 e. The lowest BCUT2D eigenvalue weighted by Gasteiger charge is -2.08. The fourth-order valence-electron chi connectivity index (χ4n) is 2.77. The van der Waals surface area contributed by atoms with Crippen LogP contribution in [0.3, 0.4) is 0 Å². The Morgan fingerprint density at radius 3 is 2.57 bits per heavy atom. The number of ether oxygens (including phenoxy) is 1. The molecule has 3 rings (SSSR count). The van der Waals surface area contributed by atoms with Gasteiger partial charge in [-0.2, -0.15) is 0 Å². The number of allylic oxidation sites excluding steroid dienone is 1. The molecule has 0 fully saturated rings. The number of para-hydroxylation sites is 1. The van der Waals surface area contributed by atoms with E-state index >= 15 is 0 Å². The van der Waals surface area contributed by atoms with Gasteiger partial charge >= 0.3 is 5.97 Å². The number of thiazole rings is 1. The summed E-state index contributed by atoms with van der Waals surface area (Å²) in [6.07, 6.45) is 3.58. The summed E-state index contributed by atoms with van der Waals surface area (Å²) in [4.78, 5) is 15.8. The topological polar surface area (TPSA) is 59.4 Å². The molecular weight excluding hydrogens is 370 g/mol. The molecule has 0 atom stereocenters. The molecule has 0 saturated heterocycles. The van der Waals surface area contributed by atoms with Crippen LogP contribution in [0, 0.1) is 5.92 Å². The summed E-state index contributed by atoms with van der Waals surface area (Å²) < 4.78 is 6.88. The minimum absolute atomic E-state index is 0.0815. The van der Waals surface area contributed by atoms with Gasteiger partial charge in [0.25, 0.3) is 0 Å². The van der Waals surface area contributed by atoms with Crippen LogP contribution in [0.4, 0.5) is 0 Å². The second kappa shape index (κ2) is 9.51. The molecule has 3 aromatic rings. The Morgan fingerprint density at radius 1 is 1.14 bits per heavy atom. The van der Waals surface area contributed by atoms with Gasteiger partial charge in [0.05, 0.1) is 16.8 Å². The van der Waals surface area contributed by atoms with Crippen molar-refractivity contribution in [2.24, 2.45) is 5.92 Å². The lowest BCUT2D eigenvalue weighted by molar-refractivity contribution is -0.136. The van der Waals surface area contributed by atoms with Crippen molar-refractivity contribution in [1.29, 1.82) is 0 Å². The van der Waals surface area contributed by atoms with Gasteiger partial charge in [-0.05, 0) is 60.2 Å². The first-order valence-corrected chi connectivity index (χ1v) is 10.3. The van der Waals surface area contributed by atoms with Gasteiger partial charge < -0.3 is 9.84 Å². The first-order chi connectivity index (χ1) is 13.5. The first-order valence-electron chi connectivity index (χ1n) is 9.52. The van der Waals surface area contributed by atoms with Crippen molar-refractivity contribution in [1.82, 2.24) is 4.98 Å². The van der Waals surface area contributed by atoms with Crippen LogP contribution in [-0.4, -0.2) is 22.7 Å². The maximum absolute atomic E-state index is 11.1. The Bertz CT molecular complexity index is 924. The van der Waals surface area contributed by atoms with Crippen LogP contribution >= 0.6 is 11.3 Å². The van der Waals surface area contributed by atoms with Crippen molar-refractivity contribution in [2.75, 3.05) is 6.61 Å². The highest BCUT2D eigenvalue weighted by molar-refractivity contribution is 7.19. The Kier molecular flexibility index (Phi) is 6.82. The molecule has 0 aliphatic rings. The van der Waals surface area contributed by atoms with Crippen molar-refractivity contribution in [3.8, 4) is 5.75 Å². The number of benzene rings is 2. The highest BCUT2D eigenvalue weighted by Gasteiger charge is 2.11. The van der Waals surface area contributed by atoms with E-state index in [0.717, 1.165) is 38.5 Å². The zero-order valence-corrected chi connectivity index (χ0v) is 17.0. The number of carbonyl (C=O) groups is 1. The fraction of sp³-hybridized carbons (Fsp3) is 0.304. The molecule has 1 N–H and O–H groups in total. The summed E-state index contributed by atoms with van der Waals surface area (Å²) in [6, 6.07) is 15.9. The van der Waals surface area contributed by atoms with E-state index in [1.54, 1.807) is 11.3 Å². The van der Waals surface area contributed by atoms with E-state index < -0.39 is 5.97 Å². The highest BCUT2D eigenvalue weighted by atomic mass is 32.1. The van der Waals surface area contributed by atoms with Crippen LogP contribution in [0.1, 0.15) is 43.7 Å². The van der Waals surface area contributed by atoms with E-state index in [0.29, 0.717) is 18.9 Å². The van der Waals surface area contributed by atoms with E-state index in [2.05, 4.69) is 13.8 Å². The quantitative estimate of drug-likeness (QED) is 0.474. The Morgan fingerprint density at radius 2 is 1.89 bits per heavy atom. The second-order valence-corrected chi connectivity index (χ2v) is 8.18. The molecule has 0 spiro atoms. The molecule has 5 heteroatoms. The lowest BCUT2D eigenvalue weighted by atomic mass is 10.1. The molecule has 0 saturated carbocycles.